The van der Waals surface area contributed by atoms with Gasteiger partial charge in [0.15, 0.2) is 11.1 Å². The first kappa shape index (κ1) is 15.2. The highest BCUT2D eigenvalue weighted by molar-refractivity contribution is 5.83. The fourth-order valence-corrected chi connectivity index (χ4v) is 2.35. The van der Waals surface area contributed by atoms with Gasteiger partial charge in [-0.05, 0) is 12.0 Å². The number of nitrogens with zero attached hydrogens (tertiary/aromatic N) is 2. The third kappa shape index (κ3) is 3.30. The molecule has 1 aromatic heterocycles. The van der Waals surface area contributed by atoms with Crippen molar-refractivity contribution in [2.75, 3.05) is 11.9 Å². The Morgan fingerprint density at radius 2 is 2.14 bits per heavy atom. The average molecular weight is 293 g/mol. The van der Waals surface area contributed by atoms with E-state index in [0.29, 0.717) is 12.1 Å². The zero-order chi connectivity index (χ0) is 15.4. The van der Waals surface area contributed by atoms with Crippen LogP contribution < -0.4 is 5.32 Å². The Labute approximate surface area is 122 Å². The zero-order valence-electron chi connectivity index (χ0n) is 12.1. The molecule has 1 unspecified atom stereocenters. The molecule has 0 bridgehead atoms. The SMILES string of the molecule is CCC(CC)C(O)CNc1nc2c([N+](=O)[O-])cccc2o1. The van der Waals surface area contributed by atoms with Crippen LogP contribution in [0.15, 0.2) is 22.6 Å². The maximum atomic E-state index is 10.9. The van der Waals surface area contributed by atoms with Crippen LogP contribution in [-0.2, 0) is 0 Å². The lowest BCUT2D eigenvalue weighted by Crippen LogP contribution is -2.27. The number of non-ortho nitro benzene ring substituents is 1. The Hall–Kier alpha value is -2.15. The lowest BCUT2D eigenvalue weighted by atomic mass is 9.97. The minimum atomic E-state index is -0.509. The van der Waals surface area contributed by atoms with Crippen LogP contribution in [0.4, 0.5) is 11.7 Å². The molecule has 0 radical (unpaired) electrons. The topological polar surface area (TPSA) is 101 Å². The summed E-state index contributed by atoms with van der Waals surface area (Å²) < 4.78 is 5.42. The zero-order valence-corrected chi connectivity index (χ0v) is 12.1. The fraction of sp³-hybridized carbons (Fsp3) is 0.500. The summed E-state index contributed by atoms with van der Waals surface area (Å²) in [5.74, 6) is 0.205. The Bertz CT molecular complexity index is 622. The number of aliphatic hydroxyl groups excluding tert-OH is 1. The molecule has 0 saturated heterocycles. The van der Waals surface area contributed by atoms with Crippen LogP contribution in [0.3, 0.4) is 0 Å². The predicted molar refractivity (Wildman–Crippen MR) is 79.2 cm³/mol. The first-order chi connectivity index (χ1) is 10.1. The van der Waals surface area contributed by atoms with Crippen molar-refractivity contribution in [3.05, 3.63) is 28.3 Å². The second kappa shape index (κ2) is 6.53. The van der Waals surface area contributed by atoms with E-state index in [1.165, 1.54) is 6.07 Å². The number of para-hydroxylation sites is 1. The Morgan fingerprint density at radius 1 is 1.43 bits per heavy atom. The number of nitro groups is 1. The molecule has 0 aliphatic carbocycles. The Kier molecular flexibility index (Phi) is 4.74. The molecule has 0 aliphatic heterocycles. The van der Waals surface area contributed by atoms with E-state index < -0.39 is 11.0 Å². The molecule has 0 spiro atoms. The number of nitrogens with one attached hydrogen (secondary N) is 1. The van der Waals surface area contributed by atoms with Crippen LogP contribution >= 0.6 is 0 Å². The highest BCUT2D eigenvalue weighted by atomic mass is 16.6. The van der Waals surface area contributed by atoms with Crippen LogP contribution in [0.5, 0.6) is 0 Å². The summed E-state index contributed by atoms with van der Waals surface area (Å²) in [6.45, 7) is 4.35. The van der Waals surface area contributed by atoms with E-state index in [0.717, 1.165) is 12.8 Å². The second-order valence-corrected chi connectivity index (χ2v) is 4.92. The van der Waals surface area contributed by atoms with Gasteiger partial charge in [0.2, 0.25) is 0 Å². The molecular formula is C14H19N3O4. The second-order valence-electron chi connectivity index (χ2n) is 4.92. The van der Waals surface area contributed by atoms with E-state index in [-0.39, 0.29) is 23.1 Å². The molecule has 0 saturated carbocycles. The number of anilines is 1. The molecule has 2 rings (SSSR count). The summed E-state index contributed by atoms with van der Waals surface area (Å²) in [5, 5.41) is 23.9. The summed E-state index contributed by atoms with van der Waals surface area (Å²) in [6, 6.07) is 4.74. The van der Waals surface area contributed by atoms with Gasteiger partial charge in [0.25, 0.3) is 11.7 Å². The molecule has 1 aromatic carbocycles. The monoisotopic (exact) mass is 293 g/mol. The number of aliphatic hydroxyl groups is 1. The van der Waals surface area contributed by atoms with Crippen molar-refractivity contribution >= 4 is 22.8 Å². The molecule has 0 fully saturated rings. The van der Waals surface area contributed by atoms with E-state index >= 15 is 0 Å². The van der Waals surface area contributed by atoms with Crippen molar-refractivity contribution in [1.29, 1.82) is 0 Å². The molecule has 114 valence electrons. The number of aromatic nitrogens is 1. The molecule has 1 atom stereocenters. The van der Waals surface area contributed by atoms with Crippen LogP contribution in [-0.4, -0.2) is 27.7 Å². The lowest BCUT2D eigenvalue weighted by Gasteiger charge is -2.19. The Balaban J connectivity index is 2.13. The summed E-state index contributed by atoms with van der Waals surface area (Å²) >= 11 is 0. The minimum absolute atomic E-state index is 0.0927. The molecular weight excluding hydrogens is 274 g/mol. The molecule has 2 N–H and O–H groups in total. The van der Waals surface area contributed by atoms with Crippen LogP contribution in [0.2, 0.25) is 0 Å². The van der Waals surface area contributed by atoms with E-state index in [2.05, 4.69) is 10.3 Å². The van der Waals surface area contributed by atoms with Crippen LogP contribution in [0, 0.1) is 16.0 Å². The predicted octanol–water partition coefficient (Wildman–Crippen LogP) is 2.95. The highest BCUT2D eigenvalue weighted by Gasteiger charge is 2.19. The van der Waals surface area contributed by atoms with Crippen LogP contribution in [0.1, 0.15) is 26.7 Å². The number of benzene rings is 1. The van der Waals surface area contributed by atoms with Crippen molar-refractivity contribution in [2.45, 2.75) is 32.8 Å². The highest BCUT2D eigenvalue weighted by Crippen LogP contribution is 2.27. The maximum Gasteiger partial charge on any atom is 0.298 e. The summed E-state index contributed by atoms with van der Waals surface area (Å²) in [6.07, 6.45) is 1.27. The van der Waals surface area contributed by atoms with Crippen molar-refractivity contribution in [3.63, 3.8) is 0 Å². The van der Waals surface area contributed by atoms with Gasteiger partial charge in [-0.25, -0.2) is 0 Å². The number of fused-ring (bicyclic) bond motifs is 1. The van der Waals surface area contributed by atoms with Gasteiger partial charge in [0.05, 0.1) is 11.0 Å². The number of hydrogen-bond acceptors (Lipinski definition) is 6. The number of oxazole rings is 1. The van der Waals surface area contributed by atoms with Gasteiger partial charge in [-0.3, -0.25) is 10.1 Å². The van der Waals surface area contributed by atoms with E-state index in [1.54, 1.807) is 12.1 Å². The molecule has 7 heteroatoms. The molecule has 0 aliphatic rings. The van der Waals surface area contributed by atoms with Crippen LogP contribution in [0.25, 0.3) is 11.1 Å². The molecule has 21 heavy (non-hydrogen) atoms. The third-order valence-electron chi connectivity index (χ3n) is 3.65. The molecule has 1 heterocycles. The van der Waals surface area contributed by atoms with Crippen molar-refractivity contribution in [3.8, 4) is 0 Å². The normalized spacial score (nSPS) is 12.8. The first-order valence-corrected chi connectivity index (χ1v) is 7.02. The van der Waals surface area contributed by atoms with Gasteiger partial charge in [-0.1, -0.05) is 32.8 Å². The number of rotatable bonds is 7. The van der Waals surface area contributed by atoms with Crippen molar-refractivity contribution in [2.24, 2.45) is 5.92 Å². The molecule has 2 aromatic rings. The van der Waals surface area contributed by atoms with E-state index in [9.17, 15) is 15.2 Å². The molecule has 7 nitrogen and oxygen atoms in total. The summed E-state index contributed by atoms with van der Waals surface area (Å²) in [5.41, 5.74) is 0.468. The molecule has 0 amide bonds. The summed E-state index contributed by atoms with van der Waals surface area (Å²) in [4.78, 5) is 14.5. The quantitative estimate of drug-likeness (QED) is 0.601. The van der Waals surface area contributed by atoms with Crippen molar-refractivity contribution < 1.29 is 14.4 Å². The van der Waals surface area contributed by atoms with Gasteiger partial charge in [0.1, 0.15) is 0 Å². The van der Waals surface area contributed by atoms with Gasteiger partial charge in [0, 0.05) is 12.6 Å². The average Bonchev–Trinajstić information content (AvgIpc) is 2.88. The number of hydrogen-bond donors (Lipinski definition) is 2. The van der Waals surface area contributed by atoms with Gasteiger partial charge in [-0.2, -0.15) is 4.98 Å². The third-order valence-corrected chi connectivity index (χ3v) is 3.65. The minimum Gasteiger partial charge on any atom is -0.423 e. The fourth-order valence-electron chi connectivity index (χ4n) is 2.35. The van der Waals surface area contributed by atoms with E-state index in [1.807, 2.05) is 13.8 Å². The van der Waals surface area contributed by atoms with Gasteiger partial charge in [-0.15, -0.1) is 0 Å². The standard InChI is InChI=1S/C14H19N3O4/c1-3-9(4-2)11(18)8-15-14-16-13-10(17(19)20)6-5-7-12(13)21-14/h5-7,9,11,18H,3-4,8H2,1-2H3,(H,15,16). The van der Waals surface area contributed by atoms with Crippen molar-refractivity contribution in [1.82, 2.24) is 4.98 Å². The van der Waals surface area contributed by atoms with Gasteiger partial charge >= 0.3 is 0 Å². The maximum absolute atomic E-state index is 10.9. The summed E-state index contributed by atoms with van der Waals surface area (Å²) in [7, 11) is 0. The van der Waals surface area contributed by atoms with Gasteiger partial charge < -0.3 is 14.8 Å². The smallest absolute Gasteiger partial charge is 0.298 e. The first-order valence-electron chi connectivity index (χ1n) is 7.02. The Morgan fingerprint density at radius 3 is 2.76 bits per heavy atom. The largest absolute Gasteiger partial charge is 0.423 e. The number of nitro benzene ring substituents is 1. The lowest BCUT2D eigenvalue weighted by molar-refractivity contribution is -0.383. The van der Waals surface area contributed by atoms with E-state index in [4.69, 9.17) is 4.42 Å².